The monoisotopic (exact) mass is 285 g/mol. The lowest BCUT2D eigenvalue weighted by Crippen LogP contribution is -2.26. The van der Waals surface area contributed by atoms with Gasteiger partial charge in [-0.25, -0.2) is 4.79 Å². The van der Waals surface area contributed by atoms with Gasteiger partial charge in [-0.15, -0.1) is 0 Å². The molecule has 7 nitrogen and oxygen atoms in total. The molecule has 0 spiro atoms. The van der Waals surface area contributed by atoms with Crippen molar-refractivity contribution in [3.63, 3.8) is 0 Å². The largest absolute Gasteiger partial charge is 0.461 e. The molecule has 106 valence electrons. The molecule has 0 saturated heterocycles. The molecule has 1 amide bonds. The van der Waals surface area contributed by atoms with Gasteiger partial charge in [-0.05, 0) is 29.4 Å². The second-order valence-electron chi connectivity index (χ2n) is 4.07. The first-order chi connectivity index (χ1) is 10.3. The fraction of sp³-hybridized carbons (Fsp3) is 0.0714. The second kappa shape index (κ2) is 5.91. The Balaban J connectivity index is 1.55. The third-order valence-corrected chi connectivity index (χ3v) is 2.59. The molecule has 3 aromatic heterocycles. The Bertz CT molecular complexity index is 707. The van der Waals surface area contributed by atoms with Crippen LogP contribution in [0.5, 0.6) is 5.88 Å². The summed E-state index contributed by atoms with van der Waals surface area (Å²) in [6.07, 6.45) is 2.52. The Morgan fingerprint density at radius 2 is 2.19 bits per heavy atom. The third-order valence-electron chi connectivity index (χ3n) is 2.59. The number of carbonyl (C=O) groups is 1. The second-order valence-corrected chi connectivity index (χ2v) is 4.07. The summed E-state index contributed by atoms with van der Waals surface area (Å²) in [4.78, 5) is 15.7. The molecule has 21 heavy (non-hydrogen) atoms. The van der Waals surface area contributed by atoms with Gasteiger partial charge in [0.15, 0.2) is 5.76 Å². The van der Waals surface area contributed by atoms with E-state index >= 15 is 0 Å². The predicted octanol–water partition coefficient (Wildman–Crippen LogP) is 2.62. The minimum Gasteiger partial charge on any atom is -0.461 e. The predicted molar refractivity (Wildman–Crippen MR) is 71.3 cm³/mol. The van der Waals surface area contributed by atoms with Gasteiger partial charge in [0.2, 0.25) is 5.76 Å². The van der Waals surface area contributed by atoms with Gasteiger partial charge in [0.05, 0.1) is 24.6 Å². The van der Waals surface area contributed by atoms with Crippen LogP contribution in [0.15, 0.2) is 57.8 Å². The van der Waals surface area contributed by atoms with Crippen molar-refractivity contribution in [1.29, 1.82) is 0 Å². The highest BCUT2D eigenvalue weighted by molar-refractivity contribution is 5.70. The molecule has 1 N–H and O–H groups in total. The maximum absolute atomic E-state index is 11.6. The molecule has 3 heterocycles. The average molecular weight is 285 g/mol. The van der Waals surface area contributed by atoms with E-state index in [-0.39, 0.29) is 12.4 Å². The number of aromatic nitrogens is 2. The first kappa shape index (κ1) is 12.9. The minimum absolute atomic E-state index is 0.0555. The quantitative estimate of drug-likeness (QED) is 0.792. The summed E-state index contributed by atoms with van der Waals surface area (Å²) in [6.45, 7) is 0.266. The Kier molecular flexibility index (Phi) is 3.64. The molecule has 0 aromatic carbocycles. The van der Waals surface area contributed by atoms with Crippen LogP contribution in [0.2, 0.25) is 0 Å². The lowest BCUT2D eigenvalue weighted by molar-refractivity contribution is 0.195. The van der Waals surface area contributed by atoms with Gasteiger partial charge >= 0.3 is 6.09 Å². The SMILES string of the molecule is O=C(NCc1ccccn1)Oc1cc(-c2ccco2)on1. The molecule has 0 unspecified atom stereocenters. The summed E-state index contributed by atoms with van der Waals surface area (Å²) in [6, 6.07) is 10.3. The van der Waals surface area contributed by atoms with E-state index in [2.05, 4.69) is 15.5 Å². The number of nitrogens with zero attached hydrogens (tertiary/aromatic N) is 2. The third kappa shape index (κ3) is 3.27. The lowest BCUT2D eigenvalue weighted by atomic mass is 10.3. The van der Waals surface area contributed by atoms with E-state index in [1.807, 2.05) is 6.07 Å². The molecule has 0 aliphatic rings. The maximum atomic E-state index is 11.6. The van der Waals surface area contributed by atoms with Gasteiger partial charge in [0.25, 0.3) is 5.88 Å². The van der Waals surface area contributed by atoms with Crippen LogP contribution in [0.1, 0.15) is 5.69 Å². The van der Waals surface area contributed by atoms with Crippen LogP contribution in [0, 0.1) is 0 Å². The molecule has 0 aliphatic heterocycles. The summed E-state index contributed by atoms with van der Waals surface area (Å²) in [5.41, 5.74) is 0.728. The minimum atomic E-state index is -0.639. The van der Waals surface area contributed by atoms with Crippen molar-refractivity contribution in [2.45, 2.75) is 6.54 Å². The number of pyridine rings is 1. The zero-order valence-electron chi connectivity index (χ0n) is 10.9. The van der Waals surface area contributed by atoms with Crippen molar-refractivity contribution in [2.75, 3.05) is 0 Å². The topological polar surface area (TPSA) is 90.4 Å². The van der Waals surface area contributed by atoms with Crippen molar-refractivity contribution >= 4 is 6.09 Å². The normalized spacial score (nSPS) is 10.3. The smallest absolute Gasteiger partial charge is 0.414 e. The van der Waals surface area contributed by atoms with E-state index in [9.17, 15) is 4.79 Å². The van der Waals surface area contributed by atoms with Crippen LogP contribution >= 0.6 is 0 Å². The number of hydrogen-bond donors (Lipinski definition) is 1. The van der Waals surface area contributed by atoms with E-state index in [0.717, 1.165) is 5.69 Å². The van der Waals surface area contributed by atoms with Gasteiger partial charge in [0.1, 0.15) is 0 Å². The van der Waals surface area contributed by atoms with Gasteiger partial charge in [0, 0.05) is 6.20 Å². The van der Waals surface area contributed by atoms with Crippen LogP contribution in [0.4, 0.5) is 4.79 Å². The number of furan rings is 1. The van der Waals surface area contributed by atoms with Crippen LogP contribution in [-0.2, 0) is 6.54 Å². The zero-order chi connectivity index (χ0) is 14.5. The van der Waals surface area contributed by atoms with Crippen molar-refractivity contribution in [1.82, 2.24) is 15.5 Å². The van der Waals surface area contributed by atoms with Gasteiger partial charge in [-0.3, -0.25) is 4.98 Å². The Morgan fingerprint density at radius 1 is 1.24 bits per heavy atom. The molecule has 0 fully saturated rings. The highest BCUT2D eigenvalue weighted by Gasteiger charge is 2.12. The van der Waals surface area contributed by atoms with E-state index in [0.29, 0.717) is 11.5 Å². The van der Waals surface area contributed by atoms with Gasteiger partial charge in [-0.1, -0.05) is 6.07 Å². The van der Waals surface area contributed by atoms with E-state index in [1.165, 1.54) is 12.3 Å². The number of nitrogens with one attached hydrogen (secondary N) is 1. The van der Waals surface area contributed by atoms with Crippen molar-refractivity contribution in [3.8, 4) is 17.4 Å². The summed E-state index contributed by atoms with van der Waals surface area (Å²) in [5.74, 6) is 0.943. The Labute approximate surface area is 119 Å². The van der Waals surface area contributed by atoms with Crippen molar-refractivity contribution in [3.05, 3.63) is 54.6 Å². The summed E-state index contributed by atoms with van der Waals surface area (Å²) < 4.78 is 15.1. The maximum Gasteiger partial charge on any atom is 0.414 e. The number of carbonyl (C=O) groups excluding carboxylic acids is 1. The number of ether oxygens (including phenoxy) is 1. The Hall–Kier alpha value is -3.09. The van der Waals surface area contributed by atoms with Crippen LogP contribution in [-0.4, -0.2) is 16.2 Å². The molecule has 0 aliphatic carbocycles. The standard InChI is InChI=1S/C14H11N3O4/c18-14(16-9-10-4-1-2-6-15-10)20-13-8-12(21-17-13)11-5-3-7-19-11/h1-8H,9H2,(H,16,18). The van der Waals surface area contributed by atoms with Crippen LogP contribution in [0.25, 0.3) is 11.5 Å². The van der Waals surface area contributed by atoms with E-state index in [1.54, 1.807) is 30.5 Å². The molecular formula is C14H11N3O4. The Morgan fingerprint density at radius 3 is 2.95 bits per heavy atom. The lowest BCUT2D eigenvalue weighted by Gasteiger charge is -2.03. The van der Waals surface area contributed by atoms with Crippen molar-refractivity contribution in [2.24, 2.45) is 0 Å². The molecule has 3 aromatic rings. The number of rotatable bonds is 4. The molecular weight excluding hydrogens is 274 g/mol. The van der Waals surface area contributed by atoms with Crippen LogP contribution in [0.3, 0.4) is 0 Å². The zero-order valence-corrected chi connectivity index (χ0v) is 10.9. The summed E-state index contributed by atoms with van der Waals surface area (Å²) in [7, 11) is 0. The fourth-order valence-electron chi connectivity index (χ4n) is 1.64. The van der Waals surface area contributed by atoms with Gasteiger partial charge < -0.3 is 19.0 Å². The molecule has 0 saturated carbocycles. The molecule has 0 bridgehead atoms. The van der Waals surface area contributed by atoms with Crippen molar-refractivity contribution < 1.29 is 18.5 Å². The average Bonchev–Trinajstić information content (AvgIpc) is 3.17. The number of hydrogen-bond acceptors (Lipinski definition) is 6. The first-order valence-corrected chi connectivity index (χ1v) is 6.17. The summed E-state index contributed by atoms with van der Waals surface area (Å²) >= 11 is 0. The fourth-order valence-corrected chi connectivity index (χ4v) is 1.64. The van der Waals surface area contributed by atoms with Crippen LogP contribution < -0.4 is 10.1 Å². The highest BCUT2D eigenvalue weighted by atomic mass is 16.6. The highest BCUT2D eigenvalue weighted by Crippen LogP contribution is 2.23. The molecule has 7 heteroatoms. The summed E-state index contributed by atoms with van der Waals surface area (Å²) in [5, 5.41) is 6.20. The first-order valence-electron chi connectivity index (χ1n) is 6.17. The molecule has 0 atom stereocenters. The van der Waals surface area contributed by atoms with E-state index < -0.39 is 6.09 Å². The number of amides is 1. The van der Waals surface area contributed by atoms with E-state index in [4.69, 9.17) is 13.7 Å². The molecule has 3 rings (SSSR count). The molecule has 0 radical (unpaired) electrons. The van der Waals surface area contributed by atoms with Gasteiger partial charge in [-0.2, -0.15) is 0 Å².